The highest BCUT2D eigenvalue weighted by atomic mass is 16.5. The molecule has 1 aliphatic rings. The van der Waals surface area contributed by atoms with Crippen LogP contribution in [-0.4, -0.2) is 55.5 Å². The molecule has 1 saturated heterocycles. The Labute approximate surface area is 210 Å². The van der Waals surface area contributed by atoms with Crippen molar-refractivity contribution in [1.29, 1.82) is 0 Å². The molecule has 1 N–H and O–H groups in total. The van der Waals surface area contributed by atoms with Crippen LogP contribution in [0.15, 0.2) is 48.5 Å². The monoisotopic (exact) mass is 480 g/mol. The van der Waals surface area contributed by atoms with Crippen LogP contribution in [0, 0.1) is 0 Å². The maximum Gasteiger partial charge on any atom is 0.220 e. The fraction of sp³-hybridized carbons (Fsp3) is 0.517. The Morgan fingerprint density at radius 2 is 1.54 bits per heavy atom. The molecule has 0 spiro atoms. The van der Waals surface area contributed by atoms with Gasteiger partial charge in [-0.15, -0.1) is 0 Å². The van der Waals surface area contributed by atoms with Crippen molar-refractivity contribution in [3.05, 3.63) is 59.7 Å². The van der Waals surface area contributed by atoms with E-state index >= 15 is 0 Å². The van der Waals surface area contributed by atoms with Gasteiger partial charge in [0.05, 0.1) is 13.2 Å². The number of methoxy groups -OCH3 is 1. The van der Waals surface area contributed by atoms with Gasteiger partial charge in [-0.3, -0.25) is 9.59 Å². The number of benzene rings is 2. The smallest absolute Gasteiger partial charge is 0.220 e. The Bertz CT molecular complexity index is 919. The summed E-state index contributed by atoms with van der Waals surface area (Å²) in [6.45, 7) is 7.02. The summed E-state index contributed by atoms with van der Waals surface area (Å²) in [5.41, 5.74) is 1.88. The fourth-order valence-corrected chi connectivity index (χ4v) is 4.49. The van der Waals surface area contributed by atoms with Crippen LogP contribution in [0.25, 0.3) is 0 Å². The van der Waals surface area contributed by atoms with Gasteiger partial charge in [-0.2, -0.15) is 0 Å². The van der Waals surface area contributed by atoms with E-state index in [1.54, 1.807) is 7.11 Å². The number of carbonyl (C=O) groups excluding carboxylic acids is 2. The molecule has 0 bridgehead atoms. The third-order valence-electron chi connectivity index (χ3n) is 6.29. The third kappa shape index (κ3) is 9.36. The van der Waals surface area contributed by atoms with Crippen LogP contribution in [-0.2, 0) is 11.2 Å². The van der Waals surface area contributed by atoms with Crippen LogP contribution in [0.5, 0.6) is 11.5 Å². The quantitative estimate of drug-likeness (QED) is 0.303. The molecule has 1 atom stereocenters. The number of likely N-dealkylation sites (tertiary alicyclic amines) is 1. The zero-order chi connectivity index (χ0) is 25.0. The Morgan fingerprint density at radius 3 is 2.17 bits per heavy atom. The summed E-state index contributed by atoms with van der Waals surface area (Å²) >= 11 is 0. The number of ketones is 1. The van der Waals surface area contributed by atoms with Crippen molar-refractivity contribution in [3.63, 3.8) is 0 Å². The molecule has 0 saturated carbocycles. The molecular formula is C29H40N2O4. The van der Waals surface area contributed by atoms with Gasteiger partial charge in [0, 0.05) is 31.0 Å². The average Bonchev–Trinajstić information content (AvgIpc) is 3.35. The molecule has 0 aromatic heterocycles. The number of hydrogen-bond donors (Lipinski definition) is 1. The highest BCUT2D eigenvalue weighted by Crippen LogP contribution is 2.17. The second-order valence-electron chi connectivity index (χ2n) is 9.65. The van der Waals surface area contributed by atoms with E-state index in [2.05, 4.69) is 22.3 Å². The molecule has 1 fully saturated rings. The Morgan fingerprint density at radius 1 is 0.914 bits per heavy atom. The van der Waals surface area contributed by atoms with Gasteiger partial charge in [-0.05, 0) is 101 Å². The Balaban J connectivity index is 1.43. The third-order valence-corrected chi connectivity index (χ3v) is 6.29. The van der Waals surface area contributed by atoms with Gasteiger partial charge in [-0.1, -0.05) is 12.1 Å². The lowest BCUT2D eigenvalue weighted by Crippen LogP contribution is -2.44. The number of nitrogens with one attached hydrogen (secondary N) is 1. The van der Waals surface area contributed by atoms with Gasteiger partial charge < -0.3 is 19.7 Å². The zero-order valence-electron chi connectivity index (χ0n) is 21.4. The van der Waals surface area contributed by atoms with Crippen molar-refractivity contribution in [2.75, 3.05) is 26.7 Å². The van der Waals surface area contributed by atoms with Crippen LogP contribution in [0.1, 0.15) is 68.3 Å². The van der Waals surface area contributed by atoms with Gasteiger partial charge in [-0.25, -0.2) is 0 Å². The predicted molar refractivity (Wildman–Crippen MR) is 139 cm³/mol. The summed E-state index contributed by atoms with van der Waals surface area (Å²) in [5.74, 6) is 1.77. The second-order valence-corrected chi connectivity index (χ2v) is 9.65. The molecule has 0 radical (unpaired) electrons. The number of unbranched alkanes of at least 4 members (excludes halogenated alkanes) is 1. The van der Waals surface area contributed by atoms with Crippen molar-refractivity contribution in [2.45, 2.75) is 70.9 Å². The first-order chi connectivity index (χ1) is 16.9. The van der Waals surface area contributed by atoms with Crippen molar-refractivity contribution in [2.24, 2.45) is 0 Å². The van der Waals surface area contributed by atoms with E-state index in [-0.39, 0.29) is 23.8 Å². The van der Waals surface area contributed by atoms with Crippen LogP contribution < -0.4 is 14.8 Å². The summed E-state index contributed by atoms with van der Waals surface area (Å²) in [7, 11) is 1.66. The molecule has 6 heteroatoms. The van der Waals surface area contributed by atoms with Crippen LogP contribution >= 0.6 is 0 Å². The topological polar surface area (TPSA) is 67.9 Å². The Hall–Kier alpha value is -2.86. The lowest BCUT2D eigenvalue weighted by Gasteiger charge is -2.25. The number of ether oxygens (including phenoxy) is 2. The summed E-state index contributed by atoms with van der Waals surface area (Å²) in [4.78, 5) is 27.6. The minimum absolute atomic E-state index is 0.0605. The molecule has 190 valence electrons. The van der Waals surface area contributed by atoms with Crippen LogP contribution in [0.4, 0.5) is 0 Å². The summed E-state index contributed by atoms with van der Waals surface area (Å²) in [6, 6.07) is 15.4. The number of rotatable bonds is 14. The first-order valence-electron chi connectivity index (χ1n) is 12.9. The van der Waals surface area contributed by atoms with Gasteiger partial charge in [0.15, 0.2) is 5.78 Å². The molecule has 0 aliphatic carbocycles. The highest BCUT2D eigenvalue weighted by Gasteiger charge is 2.20. The van der Waals surface area contributed by atoms with Gasteiger partial charge in [0.2, 0.25) is 5.91 Å². The molecule has 1 heterocycles. The van der Waals surface area contributed by atoms with Crippen LogP contribution in [0.3, 0.4) is 0 Å². The minimum atomic E-state index is 0.0605. The average molecular weight is 481 g/mol. The number of carbonyl (C=O) groups is 2. The highest BCUT2D eigenvalue weighted by molar-refractivity contribution is 5.96. The molecule has 6 nitrogen and oxygen atoms in total. The maximum atomic E-state index is 12.7. The molecular weight excluding hydrogens is 440 g/mol. The first kappa shape index (κ1) is 26.7. The summed E-state index contributed by atoms with van der Waals surface area (Å²) in [6.07, 6.45) is 5.63. The van der Waals surface area contributed by atoms with Gasteiger partial charge >= 0.3 is 0 Å². The van der Waals surface area contributed by atoms with Gasteiger partial charge in [0.25, 0.3) is 0 Å². The number of nitrogens with zero attached hydrogens (tertiary/aromatic N) is 1. The Kier molecular flexibility index (Phi) is 10.6. The maximum absolute atomic E-state index is 12.7. The molecule has 2 aromatic rings. The molecule has 35 heavy (non-hydrogen) atoms. The lowest BCUT2D eigenvalue weighted by atomic mass is 10.0. The largest absolute Gasteiger partial charge is 0.497 e. The van der Waals surface area contributed by atoms with Crippen molar-refractivity contribution in [3.8, 4) is 11.5 Å². The zero-order valence-corrected chi connectivity index (χ0v) is 21.4. The van der Waals surface area contributed by atoms with Crippen molar-refractivity contribution in [1.82, 2.24) is 10.2 Å². The van der Waals surface area contributed by atoms with Crippen molar-refractivity contribution < 1.29 is 19.1 Å². The van der Waals surface area contributed by atoms with E-state index in [1.165, 1.54) is 18.4 Å². The van der Waals surface area contributed by atoms with E-state index in [1.807, 2.05) is 50.2 Å². The first-order valence-corrected chi connectivity index (χ1v) is 12.9. The predicted octanol–water partition coefficient (Wildman–Crippen LogP) is 5.05. The second kappa shape index (κ2) is 13.9. The minimum Gasteiger partial charge on any atom is -0.497 e. The molecule has 2 aromatic carbocycles. The number of amides is 1. The normalized spacial score (nSPS) is 14.6. The van der Waals surface area contributed by atoms with E-state index < -0.39 is 0 Å². The molecule has 1 aliphatic heterocycles. The SMILES string of the molecule is COc1ccc(C[C@@H](CN2CCCC2)NC(=O)CCCCC(=O)c2ccc(OC(C)C)cc2)cc1. The molecule has 1 amide bonds. The van der Waals surface area contributed by atoms with E-state index in [4.69, 9.17) is 9.47 Å². The van der Waals surface area contributed by atoms with E-state index in [9.17, 15) is 9.59 Å². The number of hydrogen-bond acceptors (Lipinski definition) is 5. The molecule has 3 rings (SSSR count). The van der Waals surface area contributed by atoms with E-state index in [0.29, 0.717) is 31.2 Å². The van der Waals surface area contributed by atoms with Gasteiger partial charge in [0.1, 0.15) is 11.5 Å². The fourth-order valence-electron chi connectivity index (χ4n) is 4.49. The summed E-state index contributed by atoms with van der Waals surface area (Å²) < 4.78 is 10.9. The molecule has 0 unspecified atom stereocenters. The van der Waals surface area contributed by atoms with Crippen LogP contribution in [0.2, 0.25) is 0 Å². The van der Waals surface area contributed by atoms with E-state index in [0.717, 1.165) is 37.6 Å². The van der Waals surface area contributed by atoms with Crippen molar-refractivity contribution >= 4 is 11.7 Å². The lowest BCUT2D eigenvalue weighted by molar-refractivity contribution is -0.122. The number of Topliss-reactive ketones (excluding diaryl/α,β-unsaturated/α-hetero) is 1. The standard InChI is InChI=1S/C29H40N2O4/c1-22(2)35-27-16-12-24(13-17-27)28(32)8-4-5-9-29(33)30-25(21-31-18-6-7-19-31)20-23-10-14-26(34-3)15-11-23/h10-17,22,25H,4-9,18-21H2,1-3H3,(H,30,33)/t25-/m0/s1. The summed E-state index contributed by atoms with van der Waals surface area (Å²) in [5, 5.41) is 3.25.